The average Bonchev–Trinajstić information content (AvgIpc) is 3.37. The van der Waals surface area contributed by atoms with E-state index in [1.54, 1.807) is 7.05 Å². The fourth-order valence-corrected chi connectivity index (χ4v) is 4.15. The van der Waals surface area contributed by atoms with E-state index in [4.69, 9.17) is 0 Å². The van der Waals surface area contributed by atoms with Crippen molar-refractivity contribution < 1.29 is 4.79 Å². The van der Waals surface area contributed by atoms with Gasteiger partial charge in [0.1, 0.15) is 0 Å². The van der Waals surface area contributed by atoms with Crippen LogP contribution in [0.4, 0.5) is 0 Å². The maximum atomic E-state index is 12.6. The summed E-state index contributed by atoms with van der Waals surface area (Å²) in [6, 6.07) is 8.79. The van der Waals surface area contributed by atoms with Crippen LogP contribution in [0.5, 0.6) is 0 Å². The molecule has 1 aliphatic heterocycles. The molecule has 2 aliphatic rings. The molecular weight excluding hydrogens is 324 g/mol. The van der Waals surface area contributed by atoms with E-state index in [-0.39, 0.29) is 12.0 Å². The number of guanidine groups is 1. The first-order valence-corrected chi connectivity index (χ1v) is 10.0. The van der Waals surface area contributed by atoms with Crippen LogP contribution in [0, 0.1) is 5.92 Å². The standard InChI is InChI=1S/C21H32N4O/c1-3-16-8-4-7-11-18(16)14-23-21(22-2)24-19-12-13-25(15-19)20(26)17-9-5-6-10-17/h4,7-8,11,17,19H,3,5-6,9-10,12-15H2,1-2H3,(H2,22,23,24). The molecule has 1 aromatic carbocycles. The first kappa shape index (κ1) is 18.7. The van der Waals surface area contributed by atoms with Crippen LogP contribution < -0.4 is 10.6 Å². The first-order chi connectivity index (χ1) is 12.7. The van der Waals surface area contributed by atoms with E-state index < -0.39 is 0 Å². The minimum atomic E-state index is 0.275. The Hall–Kier alpha value is -2.04. The number of likely N-dealkylation sites (tertiary alicyclic amines) is 1. The first-order valence-electron chi connectivity index (χ1n) is 10.0. The summed E-state index contributed by atoms with van der Waals surface area (Å²) >= 11 is 0. The summed E-state index contributed by atoms with van der Waals surface area (Å²) in [4.78, 5) is 19.0. The summed E-state index contributed by atoms with van der Waals surface area (Å²) in [5.74, 6) is 1.46. The monoisotopic (exact) mass is 356 g/mol. The molecule has 1 unspecified atom stereocenters. The third-order valence-electron chi connectivity index (χ3n) is 5.71. The number of aliphatic imine (C=N–C) groups is 1. The summed E-state index contributed by atoms with van der Waals surface area (Å²) in [6.45, 7) is 4.60. The number of aryl methyl sites for hydroxylation is 1. The van der Waals surface area contributed by atoms with Crippen molar-refractivity contribution in [1.29, 1.82) is 0 Å². The SMILES string of the molecule is CCc1ccccc1CNC(=NC)NC1CCN(C(=O)C2CCCC2)C1. The summed E-state index contributed by atoms with van der Waals surface area (Å²) in [6.07, 6.45) is 6.60. The van der Waals surface area contributed by atoms with Crippen molar-refractivity contribution in [2.24, 2.45) is 10.9 Å². The normalized spacial score (nSPS) is 21.2. The highest BCUT2D eigenvalue weighted by atomic mass is 16.2. The van der Waals surface area contributed by atoms with Crippen molar-refractivity contribution in [1.82, 2.24) is 15.5 Å². The molecule has 0 spiro atoms. The molecule has 1 amide bonds. The van der Waals surface area contributed by atoms with Crippen LogP contribution >= 0.6 is 0 Å². The van der Waals surface area contributed by atoms with Crippen LogP contribution in [0.3, 0.4) is 0 Å². The molecule has 1 aliphatic carbocycles. The second-order valence-electron chi connectivity index (χ2n) is 7.44. The fraction of sp³-hybridized carbons (Fsp3) is 0.619. The second-order valence-corrected chi connectivity index (χ2v) is 7.44. The molecular formula is C21H32N4O. The third kappa shape index (κ3) is 4.57. The maximum absolute atomic E-state index is 12.6. The molecule has 1 atom stereocenters. The molecule has 0 radical (unpaired) electrons. The highest BCUT2D eigenvalue weighted by Gasteiger charge is 2.32. The van der Waals surface area contributed by atoms with Gasteiger partial charge in [0.15, 0.2) is 5.96 Å². The number of hydrogen-bond donors (Lipinski definition) is 2. The summed E-state index contributed by atoms with van der Waals surface area (Å²) in [7, 11) is 1.80. The number of carbonyl (C=O) groups excluding carboxylic acids is 1. The predicted octanol–water partition coefficient (Wildman–Crippen LogP) is 2.71. The minimum absolute atomic E-state index is 0.275. The number of hydrogen-bond acceptors (Lipinski definition) is 2. The van der Waals surface area contributed by atoms with Gasteiger partial charge in [-0.3, -0.25) is 9.79 Å². The smallest absolute Gasteiger partial charge is 0.225 e. The average molecular weight is 357 g/mol. The van der Waals surface area contributed by atoms with Gasteiger partial charge >= 0.3 is 0 Å². The Morgan fingerprint density at radius 1 is 1.19 bits per heavy atom. The number of carbonyl (C=O) groups is 1. The van der Waals surface area contributed by atoms with Crippen molar-refractivity contribution in [2.75, 3.05) is 20.1 Å². The maximum Gasteiger partial charge on any atom is 0.225 e. The quantitative estimate of drug-likeness (QED) is 0.630. The van der Waals surface area contributed by atoms with E-state index in [9.17, 15) is 4.79 Å². The van der Waals surface area contributed by atoms with Crippen LogP contribution in [0.15, 0.2) is 29.3 Å². The van der Waals surface area contributed by atoms with Gasteiger partial charge in [0.25, 0.3) is 0 Å². The summed E-state index contributed by atoms with van der Waals surface area (Å²) in [5, 5.41) is 6.92. The molecule has 0 bridgehead atoms. The second kappa shape index (κ2) is 9.06. The minimum Gasteiger partial charge on any atom is -0.352 e. The van der Waals surface area contributed by atoms with E-state index in [2.05, 4.69) is 46.8 Å². The molecule has 1 saturated carbocycles. The Balaban J connectivity index is 1.49. The Kier molecular flexibility index (Phi) is 6.53. The van der Waals surface area contributed by atoms with Gasteiger partial charge < -0.3 is 15.5 Å². The van der Waals surface area contributed by atoms with Crippen LogP contribution in [0.1, 0.15) is 50.2 Å². The predicted molar refractivity (Wildman–Crippen MR) is 106 cm³/mol. The van der Waals surface area contributed by atoms with E-state index in [0.29, 0.717) is 5.91 Å². The van der Waals surface area contributed by atoms with Crippen molar-refractivity contribution in [3.8, 4) is 0 Å². The van der Waals surface area contributed by atoms with Crippen LogP contribution in [-0.4, -0.2) is 42.9 Å². The zero-order chi connectivity index (χ0) is 18.4. The Bertz CT molecular complexity index is 637. The van der Waals surface area contributed by atoms with E-state index in [1.807, 2.05) is 4.90 Å². The van der Waals surface area contributed by atoms with Crippen LogP contribution in [0.25, 0.3) is 0 Å². The van der Waals surface area contributed by atoms with Gasteiger partial charge in [0, 0.05) is 38.6 Å². The molecule has 2 N–H and O–H groups in total. The Labute approximate surface area is 157 Å². The molecule has 1 saturated heterocycles. The highest BCUT2D eigenvalue weighted by Crippen LogP contribution is 2.27. The topological polar surface area (TPSA) is 56.7 Å². The number of nitrogens with zero attached hydrogens (tertiary/aromatic N) is 2. The van der Waals surface area contributed by atoms with Crippen molar-refractivity contribution in [2.45, 2.75) is 58.0 Å². The van der Waals surface area contributed by atoms with Gasteiger partial charge in [0.05, 0.1) is 0 Å². The Morgan fingerprint density at radius 3 is 2.62 bits per heavy atom. The van der Waals surface area contributed by atoms with Crippen molar-refractivity contribution in [3.05, 3.63) is 35.4 Å². The van der Waals surface area contributed by atoms with Crippen LogP contribution in [-0.2, 0) is 17.8 Å². The zero-order valence-electron chi connectivity index (χ0n) is 16.1. The number of nitrogens with one attached hydrogen (secondary N) is 2. The fourth-order valence-electron chi connectivity index (χ4n) is 4.15. The van der Waals surface area contributed by atoms with E-state index in [1.165, 1.54) is 24.0 Å². The molecule has 3 rings (SSSR count). The highest BCUT2D eigenvalue weighted by molar-refractivity contribution is 5.81. The molecule has 1 aromatic rings. The number of benzene rings is 1. The lowest BCUT2D eigenvalue weighted by atomic mass is 10.1. The number of amides is 1. The molecule has 142 valence electrons. The van der Waals surface area contributed by atoms with Crippen molar-refractivity contribution >= 4 is 11.9 Å². The molecule has 5 heteroatoms. The molecule has 0 aromatic heterocycles. The third-order valence-corrected chi connectivity index (χ3v) is 5.71. The largest absolute Gasteiger partial charge is 0.352 e. The zero-order valence-corrected chi connectivity index (χ0v) is 16.1. The van der Waals surface area contributed by atoms with Gasteiger partial charge in [-0.1, -0.05) is 44.0 Å². The molecule has 26 heavy (non-hydrogen) atoms. The van der Waals surface area contributed by atoms with Gasteiger partial charge in [-0.2, -0.15) is 0 Å². The lowest BCUT2D eigenvalue weighted by molar-refractivity contribution is -0.134. The lowest BCUT2D eigenvalue weighted by Crippen LogP contribution is -2.45. The lowest BCUT2D eigenvalue weighted by Gasteiger charge is -2.21. The van der Waals surface area contributed by atoms with E-state index >= 15 is 0 Å². The van der Waals surface area contributed by atoms with Gasteiger partial charge in [-0.25, -0.2) is 0 Å². The molecule has 1 heterocycles. The summed E-state index contributed by atoms with van der Waals surface area (Å²) in [5.41, 5.74) is 2.67. The Morgan fingerprint density at radius 2 is 1.92 bits per heavy atom. The number of rotatable bonds is 5. The van der Waals surface area contributed by atoms with Crippen LogP contribution in [0.2, 0.25) is 0 Å². The summed E-state index contributed by atoms with van der Waals surface area (Å²) < 4.78 is 0. The van der Waals surface area contributed by atoms with Gasteiger partial charge in [0.2, 0.25) is 5.91 Å². The van der Waals surface area contributed by atoms with Crippen molar-refractivity contribution in [3.63, 3.8) is 0 Å². The van der Waals surface area contributed by atoms with E-state index in [0.717, 1.165) is 51.3 Å². The molecule has 2 fully saturated rings. The molecule has 5 nitrogen and oxygen atoms in total. The van der Waals surface area contributed by atoms with Gasteiger partial charge in [-0.05, 0) is 36.8 Å². The van der Waals surface area contributed by atoms with Gasteiger partial charge in [-0.15, -0.1) is 0 Å².